The van der Waals surface area contributed by atoms with Crippen molar-refractivity contribution in [2.24, 2.45) is 11.8 Å². The Balaban J connectivity index is 3.07. The van der Waals surface area contributed by atoms with Gasteiger partial charge in [0.2, 0.25) is 0 Å². The van der Waals surface area contributed by atoms with Crippen LogP contribution in [0.25, 0.3) is 0 Å². The molecular weight excluding hydrogens is 420 g/mol. The van der Waals surface area contributed by atoms with Gasteiger partial charge in [0, 0.05) is 18.9 Å². The van der Waals surface area contributed by atoms with Crippen LogP contribution in [0.15, 0.2) is 12.2 Å². The molecule has 0 spiro atoms. The normalized spacial score (nSPS) is 22.2. The minimum atomic E-state index is -1.98. The molecule has 3 atom stereocenters. The summed E-state index contributed by atoms with van der Waals surface area (Å²) in [6.45, 7) is 30.2. The van der Waals surface area contributed by atoms with Gasteiger partial charge < -0.3 is 13.6 Å². The third-order valence-corrected chi connectivity index (χ3v) is 16.9. The van der Waals surface area contributed by atoms with Crippen LogP contribution in [0.2, 0.25) is 36.3 Å². The lowest BCUT2D eigenvalue weighted by molar-refractivity contribution is -0.156. The molecule has 1 heterocycles. The molecule has 1 aliphatic heterocycles. The molecule has 6 heteroatoms. The van der Waals surface area contributed by atoms with Gasteiger partial charge in [0.15, 0.2) is 16.6 Å². The Labute approximate surface area is 194 Å². The quantitative estimate of drug-likeness (QED) is 0.190. The summed E-state index contributed by atoms with van der Waals surface area (Å²) < 4.78 is 19.0. The van der Waals surface area contributed by atoms with Crippen LogP contribution in [0.5, 0.6) is 0 Å². The van der Waals surface area contributed by atoms with Crippen molar-refractivity contribution in [2.45, 2.75) is 117 Å². The Morgan fingerprint density at radius 1 is 1.10 bits per heavy atom. The first-order chi connectivity index (χ1) is 13.9. The van der Waals surface area contributed by atoms with Crippen LogP contribution < -0.4 is 0 Å². The van der Waals surface area contributed by atoms with Gasteiger partial charge in [-0.15, -0.1) is 6.58 Å². The highest BCUT2D eigenvalue weighted by molar-refractivity contribution is 6.74. The van der Waals surface area contributed by atoms with Gasteiger partial charge in [-0.05, 0) is 68.4 Å². The molecular formula is C25H50O4Si2. The topological polar surface area (TPSA) is 44.8 Å². The first-order valence-electron chi connectivity index (χ1n) is 12.0. The molecule has 31 heavy (non-hydrogen) atoms. The van der Waals surface area contributed by atoms with Crippen LogP contribution in [-0.2, 0) is 18.4 Å². The van der Waals surface area contributed by atoms with Gasteiger partial charge in [0.1, 0.15) is 0 Å². The van der Waals surface area contributed by atoms with Gasteiger partial charge in [0.25, 0.3) is 0 Å². The van der Waals surface area contributed by atoms with Crippen LogP contribution in [0, 0.1) is 11.8 Å². The molecule has 4 nitrogen and oxygen atoms in total. The summed E-state index contributed by atoms with van der Waals surface area (Å²) in [6.07, 6.45) is 3.30. The van der Waals surface area contributed by atoms with E-state index in [1.54, 1.807) is 0 Å². The van der Waals surface area contributed by atoms with Gasteiger partial charge in [-0.3, -0.25) is 4.79 Å². The number of hydrogen-bond donors (Lipinski definition) is 0. The number of allylic oxidation sites excluding steroid dienone is 1. The average molecular weight is 471 g/mol. The first-order valence-corrected chi connectivity index (χ1v) is 17.8. The van der Waals surface area contributed by atoms with E-state index in [9.17, 15) is 4.79 Å². The number of ether oxygens (including phenoxy) is 1. The van der Waals surface area contributed by atoms with Crippen molar-refractivity contribution < 1.29 is 18.4 Å². The molecule has 1 fully saturated rings. The number of carbonyl (C=O) groups is 1. The van der Waals surface area contributed by atoms with Gasteiger partial charge in [-0.25, -0.2) is 0 Å². The van der Waals surface area contributed by atoms with E-state index in [1.165, 1.54) is 5.57 Å². The molecule has 0 saturated carbocycles. The summed E-state index contributed by atoms with van der Waals surface area (Å²) in [7, 11) is -3.79. The SMILES string of the molecule is C=C(C)CC[C@@H]1CC(=O)OC[C@H]1[C@H](CCO[Si](C)(C)C(C)(C)C)O[Si](C)(C)C(C)(C)C. The highest BCUT2D eigenvalue weighted by Crippen LogP contribution is 2.42. The zero-order valence-corrected chi connectivity index (χ0v) is 24.3. The van der Waals surface area contributed by atoms with Gasteiger partial charge in [-0.1, -0.05) is 47.1 Å². The summed E-state index contributed by atoms with van der Waals surface area (Å²) >= 11 is 0. The zero-order chi connectivity index (χ0) is 24.3. The second-order valence-electron chi connectivity index (χ2n) is 12.6. The molecule has 0 aliphatic carbocycles. The van der Waals surface area contributed by atoms with Gasteiger partial charge >= 0.3 is 5.97 Å². The Morgan fingerprint density at radius 2 is 1.65 bits per heavy atom. The van der Waals surface area contributed by atoms with E-state index < -0.39 is 16.6 Å². The zero-order valence-electron chi connectivity index (χ0n) is 22.3. The van der Waals surface area contributed by atoms with Crippen LogP contribution >= 0.6 is 0 Å². The second kappa shape index (κ2) is 10.7. The molecule has 0 unspecified atom stereocenters. The largest absolute Gasteiger partial charge is 0.465 e. The predicted octanol–water partition coefficient (Wildman–Crippen LogP) is 7.32. The smallest absolute Gasteiger partial charge is 0.306 e. The fraction of sp³-hybridized carbons (Fsp3) is 0.880. The molecule has 1 aliphatic rings. The van der Waals surface area contributed by atoms with Gasteiger partial charge in [0.05, 0.1) is 12.7 Å². The van der Waals surface area contributed by atoms with Crippen molar-refractivity contribution in [3.8, 4) is 0 Å². The number of rotatable bonds is 10. The lowest BCUT2D eigenvalue weighted by atomic mass is 9.80. The van der Waals surface area contributed by atoms with Crippen molar-refractivity contribution in [3.63, 3.8) is 0 Å². The minimum Gasteiger partial charge on any atom is -0.465 e. The Kier molecular flexibility index (Phi) is 9.84. The molecule has 0 aromatic heterocycles. The van der Waals surface area contributed by atoms with Crippen LogP contribution in [-0.4, -0.2) is 41.9 Å². The Morgan fingerprint density at radius 3 is 2.13 bits per heavy atom. The molecule has 0 aromatic carbocycles. The fourth-order valence-electron chi connectivity index (χ4n) is 3.47. The van der Waals surface area contributed by atoms with Crippen molar-refractivity contribution in [2.75, 3.05) is 13.2 Å². The standard InChI is InChI=1S/C25H50O4Si2/c1-19(2)13-14-20-17-23(26)27-18-21(20)22(29-31(11,12)25(6,7)8)15-16-28-30(9,10)24(3,4)5/h20-22H,1,13-18H2,2-12H3/t20-,21-,22+/m1/s1. The van der Waals surface area contributed by atoms with E-state index in [2.05, 4.69) is 81.2 Å². The first kappa shape index (κ1) is 28.6. The maximum atomic E-state index is 12.1. The van der Waals surface area contributed by atoms with E-state index in [4.69, 9.17) is 13.6 Å². The summed E-state index contributed by atoms with van der Waals surface area (Å²) in [5.41, 5.74) is 1.17. The maximum Gasteiger partial charge on any atom is 0.306 e. The highest BCUT2D eigenvalue weighted by atomic mass is 28.4. The lowest BCUT2D eigenvalue weighted by Gasteiger charge is -2.44. The van der Waals surface area contributed by atoms with E-state index in [1.807, 2.05) is 0 Å². The summed E-state index contributed by atoms with van der Waals surface area (Å²) in [4.78, 5) is 12.1. The molecule has 1 saturated heterocycles. The van der Waals surface area contributed by atoms with E-state index >= 15 is 0 Å². The minimum absolute atomic E-state index is 0.0499. The van der Waals surface area contributed by atoms with E-state index in [0.29, 0.717) is 19.6 Å². The monoisotopic (exact) mass is 470 g/mol. The summed E-state index contributed by atoms with van der Waals surface area (Å²) in [6, 6.07) is 0. The van der Waals surface area contributed by atoms with Crippen molar-refractivity contribution >= 4 is 22.6 Å². The van der Waals surface area contributed by atoms with Crippen molar-refractivity contribution in [1.29, 1.82) is 0 Å². The van der Waals surface area contributed by atoms with Crippen molar-refractivity contribution in [1.82, 2.24) is 0 Å². The van der Waals surface area contributed by atoms with Crippen LogP contribution in [0.1, 0.15) is 74.1 Å². The van der Waals surface area contributed by atoms with E-state index in [0.717, 1.165) is 19.3 Å². The second-order valence-corrected chi connectivity index (χ2v) is 22.2. The van der Waals surface area contributed by atoms with Crippen LogP contribution in [0.4, 0.5) is 0 Å². The molecule has 0 bridgehead atoms. The maximum absolute atomic E-state index is 12.1. The molecule has 0 aromatic rings. The third-order valence-electron chi connectivity index (χ3n) is 7.81. The lowest BCUT2D eigenvalue weighted by Crippen LogP contribution is -2.50. The molecule has 1 rings (SSSR count). The van der Waals surface area contributed by atoms with Crippen molar-refractivity contribution in [3.05, 3.63) is 12.2 Å². The number of hydrogen-bond acceptors (Lipinski definition) is 4. The summed E-state index contributed by atoms with van der Waals surface area (Å²) in [5, 5.41) is 0.317. The average Bonchev–Trinajstić information content (AvgIpc) is 2.57. The number of carbonyl (C=O) groups excluding carboxylic acids is 1. The fourth-order valence-corrected chi connectivity index (χ4v) is 5.94. The molecule has 0 N–H and O–H groups in total. The molecule has 0 amide bonds. The predicted molar refractivity (Wildman–Crippen MR) is 136 cm³/mol. The molecule has 0 radical (unpaired) electrons. The summed E-state index contributed by atoms with van der Waals surface area (Å²) in [5.74, 6) is 0.418. The Bertz CT molecular complexity index is 614. The van der Waals surface area contributed by atoms with Gasteiger partial charge in [-0.2, -0.15) is 0 Å². The van der Waals surface area contributed by atoms with E-state index in [-0.39, 0.29) is 34.0 Å². The molecule has 182 valence electrons. The Hall–Kier alpha value is -0.436. The van der Waals surface area contributed by atoms with Crippen LogP contribution in [0.3, 0.4) is 0 Å². The highest BCUT2D eigenvalue weighted by Gasteiger charge is 2.44. The number of esters is 1. The third kappa shape index (κ3) is 8.45. The number of cyclic esters (lactones) is 1.